The van der Waals surface area contributed by atoms with Gasteiger partial charge in [0.15, 0.2) is 0 Å². The van der Waals surface area contributed by atoms with Crippen LogP contribution in [0.15, 0.2) is 36.4 Å². The van der Waals surface area contributed by atoms with Gasteiger partial charge >= 0.3 is 0 Å². The van der Waals surface area contributed by atoms with Crippen LogP contribution in [0.1, 0.15) is 11.1 Å². The zero-order valence-corrected chi connectivity index (χ0v) is 10.6. The Labute approximate surface area is 110 Å². The topological polar surface area (TPSA) is 32.3 Å². The van der Waals surface area contributed by atoms with Crippen molar-refractivity contribution < 1.29 is 9.50 Å². The Morgan fingerprint density at radius 1 is 1.22 bits per heavy atom. The van der Waals surface area contributed by atoms with E-state index in [1.165, 1.54) is 18.2 Å². The second kappa shape index (κ2) is 5.27. The van der Waals surface area contributed by atoms with Crippen molar-refractivity contribution in [3.05, 3.63) is 58.4 Å². The molecule has 4 heteroatoms. The maximum Gasteiger partial charge on any atom is 0.146 e. The van der Waals surface area contributed by atoms with Gasteiger partial charge in [-0.1, -0.05) is 29.3 Å². The highest BCUT2D eigenvalue weighted by atomic mass is 35.5. The Balaban J connectivity index is 2.16. The normalized spacial score (nSPS) is 10.4. The zero-order chi connectivity index (χ0) is 13.1. The number of rotatable bonds is 3. The maximum atomic E-state index is 13.5. The minimum Gasteiger partial charge on any atom is -0.508 e. The molecule has 0 radical (unpaired) electrons. The summed E-state index contributed by atoms with van der Waals surface area (Å²) in [6, 6.07) is 9.61. The molecular formula is C14H13ClFNO. The smallest absolute Gasteiger partial charge is 0.146 e. The lowest BCUT2D eigenvalue weighted by molar-refractivity contribution is 0.469. The summed E-state index contributed by atoms with van der Waals surface area (Å²) in [5, 5.41) is 13.1. The van der Waals surface area contributed by atoms with Gasteiger partial charge < -0.3 is 10.4 Å². The van der Waals surface area contributed by atoms with Crippen molar-refractivity contribution in [1.82, 2.24) is 0 Å². The van der Waals surface area contributed by atoms with Gasteiger partial charge in [-0.15, -0.1) is 0 Å². The van der Waals surface area contributed by atoms with Crippen LogP contribution in [-0.4, -0.2) is 5.11 Å². The molecule has 2 aromatic carbocycles. The fourth-order valence-electron chi connectivity index (χ4n) is 1.68. The molecule has 0 aliphatic heterocycles. The van der Waals surface area contributed by atoms with Crippen molar-refractivity contribution >= 4 is 17.3 Å². The standard InChI is InChI=1S/C14H13ClFNO/c1-9-2-5-14(18)10(6-9)8-17-13-7-11(15)3-4-12(13)16/h2-7,17-18H,8H2,1H3. The average Bonchev–Trinajstić information content (AvgIpc) is 2.34. The molecular weight excluding hydrogens is 253 g/mol. The predicted molar refractivity (Wildman–Crippen MR) is 71.6 cm³/mol. The minimum atomic E-state index is -0.369. The maximum absolute atomic E-state index is 13.5. The summed E-state index contributed by atoms with van der Waals surface area (Å²) >= 11 is 5.80. The molecule has 94 valence electrons. The third-order valence-corrected chi connectivity index (χ3v) is 2.87. The highest BCUT2D eigenvalue weighted by Crippen LogP contribution is 2.23. The van der Waals surface area contributed by atoms with Gasteiger partial charge in [-0.2, -0.15) is 0 Å². The van der Waals surface area contributed by atoms with Crippen LogP contribution in [0.3, 0.4) is 0 Å². The first kappa shape index (κ1) is 12.7. The molecule has 2 rings (SSSR count). The molecule has 0 aliphatic carbocycles. The van der Waals surface area contributed by atoms with Crippen molar-refractivity contribution in [2.45, 2.75) is 13.5 Å². The van der Waals surface area contributed by atoms with Crippen molar-refractivity contribution in [3.8, 4) is 5.75 Å². The summed E-state index contributed by atoms with van der Waals surface area (Å²) in [5.41, 5.74) is 2.08. The third-order valence-electron chi connectivity index (χ3n) is 2.63. The molecule has 0 aliphatic rings. The Morgan fingerprint density at radius 2 is 2.00 bits per heavy atom. The summed E-state index contributed by atoms with van der Waals surface area (Å²) in [6.07, 6.45) is 0. The average molecular weight is 266 g/mol. The number of nitrogens with one attached hydrogen (secondary N) is 1. The highest BCUT2D eigenvalue weighted by molar-refractivity contribution is 6.30. The van der Waals surface area contributed by atoms with Gasteiger partial charge in [0.25, 0.3) is 0 Å². The second-order valence-electron chi connectivity index (χ2n) is 4.11. The van der Waals surface area contributed by atoms with E-state index < -0.39 is 0 Å². The van der Waals surface area contributed by atoms with E-state index in [0.717, 1.165) is 11.1 Å². The van der Waals surface area contributed by atoms with Crippen LogP contribution >= 0.6 is 11.6 Å². The van der Waals surface area contributed by atoms with Crippen molar-refractivity contribution in [3.63, 3.8) is 0 Å². The van der Waals surface area contributed by atoms with Crippen LogP contribution < -0.4 is 5.32 Å². The van der Waals surface area contributed by atoms with E-state index in [1.54, 1.807) is 6.07 Å². The number of anilines is 1. The molecule has 0 atom stereocenters. The Morgan fingerprint density at radius 3 is 2.78 bits per heavy atom. The number of aryl methyl sites for hydroxylation is 1. The van der Waals surface area contributed by atoms with Gasteiger partial charge in [0.1, 0.15) is 11.6 Å². The molecule has 18 heavy (non-hydrogen) atoms. The number of halogens is 2. The van der Waals surface area contributed by atoms with Crippen LogP contribution in [0, 0.1) is 12.7 Å². The lowest BCUT2D eigenvalue weighted by atomic mass is 10.1. The molecule has 0 amide bonds. The molecule has 2 N–H and O–H groups in total. The molecule has 0 spiro atoms. The first-order valence-corrected chi connectivity index (χ1v) is 5.91. The van der Waals surface area contributed by atoms with Gasteiger partial charge in [-0.3, -0.25) is 0 Å². The van der Waals surface area contributed by atoms with E-state index in [2.05, 4.69) is 5.32 Å². The number of aromatic hydroxyl groups is 1. The first-order valence-electron chi connectivity index (χ1n) is 5.53. The number of hydrogen-bond donors (Lipinski definition) is 2. The number of hydrogen-bond acceptors (Lipinski definition) is 2. The highest BCUT2D eigenvalue weighted by Gasteiger charge is 2.05. The number of phenols is 1. The van der Waals surface area contributed by atoms with E-state index in [4.69, 9.17) is 11.6 Å². The molecule has 0 unspecified atom stereocenters. The second-order valence-corrected chi connectivity index (χ2v) is 4.55. The molecule has 0 aromatic heterocycles. The van der Waals surface area contributed by atoms with Gasteiger partial charge in [-0.05, 0) is 31.2 Å². The quantitative estimate of drug-likeness (QED) is 0.875. The third kappa shape index (κ3) is 2.93. The fourth-order valence-corrected chi connectivity index (χ4v) is 1.85. The predicted octanol–water partition coefficient (Wildman–Crippen LogP) is 4.11. The van der Waals surface area contributed by atoms with Crippen molar-refractivity contribution in [2.75, 3.05) is 5.32 Å². The fraction of sp³-hybridized carbons (Fsp3) is 0.143. The van der Waals surface area contributed by atoms with Gasteiger partial charge in [0.05, 0.1) is 5.69 Å². The Hall–Kier alpha value is -1.74. The monoisotopic (exact) mass is 265 g/mol. The van der Waals surface area contributed by atoms with Crippen molar-refractivity contribution in [1.29, 1.82) is 0 Å². The van der Waals surface area contributed by atoms with Crippen LogP contribution in [0.25, 0.3) is 0 Å². The van der Waals surface area contributed by atoms with Crippen LogP contribution in [0.2, 0.25) is 5.02 Å². The molecule has 0 saturated carbocycles. The minimum absolute atomic E-state index is 0.190. The van der Waals surface area contributed by atoms with Crippen LogP contribution in [-0.2, 0) is 6.54 Å². The van der Waals surface area contributed by atoms with Crippen LogP contribution in [0.4, 0.5) is 10.1 Å². The summed E-state index contributed by atoms with van der Waals surface area (Å²) in [6.45, 7) is 2.27. The number of benzene rings is 2. The van der Waals surface area contributed by atoms with E-state index in [-0.39, 0.29) is 11.6 Å². The van der Waals surface area contributed by atoms with E-state index in [0.29, 0.717) is 17.3 Å². The van der Waals surface area contributed by atoms with Gasteiger partial charge in [-0.25, -0.2) is 4.39 Å². The summed E-state index contributed by atoms with van der Waals surface area (Å²) in [7, 11) is 0. The number of phenolic OH excluding ortho intramolecular Hbond substituents is 1. The van der Waals surface area contributed by atoms with E-state index >= 15 is 0 Å². The molecule has 0 heterocycles. The molecule has 2 aromatic rings. The zero-order valence-electron chi connectivity index (χ0n) is 9.87. The Bertz CT molecular complexity index is 520. The molecule has 0 saturated heterocycles. The summed E-state index contributed by atoms with van der Waals surface area (Å²) in [4.78, 5) is 0. The summed E-state index contributed by atoms with van der Waals surface area (Å²) < 4.78 is 13.5. The van der Waals surface area contributed by atoms with E-state index in [1.807, 2.05) is 19.1 Å². The molecule has 2 nitrogen and oxygen atoms in total. The van der Waals surface area contributed by atoms with Crippen molar-refractivity contribution in [2.24, 2.45) is 0 Å². The SMILES string of the molecule is Cc1ccc(O)c(CNc2cc(Cl)ccc2F)c1. The lowest BCUT2D eigenvalue weighted by Crippen LogP contribution is -2.02. The molecule has 0 bridgehead atoms. The largest absolute Gasteiger partial charge is 0.508 e. The lowest BCUT2D eigenvalue weighted by Gasteiger charge is -2.10. The van der Waals surface area contributed by atoms with E-state index in [9.17, 15) is 9.50 Å². The van der Waals surface area contributed by atoms with Crippen LogP contribution in [0.5, 0.6) is 5.75 Å². The van der Waals surface area contributed by atoms with Gasteiger partial charge in [0, 0.05) is 17.1 Å². The first-order chi connectivity index (χ1) is 8.56. The summed E-state index contributed by atoms with van der Waals surface area (Å²) in [5.74, 6) is -0.179. The van der Waals surface area contributed by atoms with Gasteiger partial charge in [0.2, 0.25) is 0 Å². The molecule has 0 fully saturated rings. The Kier molecular flexibility index (Phi) is 3.72.